The quantitative estimate of drug-likeness (QED) is 0.727. The Kier molecular flexibility index (Phi) is 3.27. The standard InChI is InChI=1S/C10H11BrF/c1-7-3-4-9(11)5-10(7)8(2)6-12/h3-5H,6H2,1-2H3. The number of halogens is 2. The average Bonchev–Trinajstić information content (AvgIpc) is 2.08. The van der Waals surface area contributed by atoms with Gasteiger partial charge >= 0.3 is 0 Å². The summed E-state index contributed by atoms with van der Waals surface area (Å²) in [6.07, 6.45) is 0. The average molecular weight is 230 g/mol. The molecule has 0 saturated carbocycles. The van der Waals surface area contributed by atoms with Crippen LogP contribution in [0.4, 0.5) is 4.39 Å². The Morgan fingerprint density at radius 3 is 2.75 bits per heavy atom. The van der Waals surface area contributed by atoms with Gasteiger partial charge in [-0.25, -0.2) is 0 Å². The van der Waals surface area contributed by atoms with Gasteiger partial charge in [0.25, 0.3) is 0 Å². The molecule has 0 fully saturated rings. The zero-order chi connectivity index (χ0) is 9.14. The fourth-order valence-electron chi connectivity index (χ4n) is 1.13. The molecule has 65 valence electrons. The predicted molar refractivity (Wildman–Crippen MR) is 52.9 cm³/mol. The number of hydrogen-bond acceptors (Lipinski definition) is 0. The summed E-state index contributed by atoms with van der Waals surface area (Å²) in [5.74, 6) is 0.786. The minimum atomic E-state index is -0.378. The van der Waals surface area contributed by atoms with Gasteiger partial charge in [0.2, 0.25) is 0 Å². The molecule has 0 aliphatic heterocycles. The summed E-state index contributed by atoms with van der Waals surface area (Å²) in [5.41, 5.74) is 2.13. The van der Waals surface area contributed by atoms with Crippen LogP contribution in [0.1, 0.15) is 18.1 Å². The van der Waals surface area contributed by atoms with Crippen LogP contribution in [0.15, 0.2) is 22.7 Å². The van der Waals surface area contributed by atoms with Crippen molar-refractivity contribution in [3.8, 4) is 0 Å². The van der Waals surface area contributed by atoms with Crippen LogP contribution in [0.2, 0.25) is 0 Å². The van der Waals surface area contributed by atoms with Crippen molar-refractivity contribution in [3.05, 3.63) is 39.7 Å². The molecular formula is C10H11BrF. The van der Waals surface area contributed by atoms with Crippen molar-refractivity contribution in [1.82, 2.24) is 0 Å². The number of rotatable bonds is 2. The van der Waals surface area contributed by atoms with Gasteiger partial charge in [-0.15, -0.1) is 0 Å². The van der Waals surface area contributed by atoms with Crippen molar-refractivity contribution in [2.75, 3.05) is 6.67 Å². The van der Waals surface area contributed by atoms with E-state index in [9.17, 15) is 4.39 Å². The monoisotopic (exact) mass is 229 g/mol. The maximum Gasteiger partial charge on any atom is 0.0997 e. The minimum absolute atomic E-state index is 0.378. The van der Waals surface area contributed by atoms with Crippen molar-refractivity contribution in [2.45, 2.75) is 13.8 Å². The molecule has 0 N–H and O–H groups in total. The van der Waals surface area contributed by atoms with Crippen molar-refractivity contribution in [3.63, 3.8) is 0 Å². The van der Waals surface area contributed by atoms with Crippen LogP contribution in [0, 0.1) is 12.8 Å². The third kappa shape index (κ3) is 2.07. The van der Waals surface area contributed by atoms with Crippen LogP contribution >= 0.6 is 15.9 Å². The lowest BCUT2D eigenvalue weighted by atomic mass is 9.98. The second-order valence-corrected chi connectivity index (χ2v) is 3.79. The van der Waals surface area contributed by atoms with Crippen molar-refractivity contribution in [2.24, 2.45) is 0 Å². The van der Waals surface area contributed by atoms with Crippen LogP contribution in [0.25, 0.3) is 0 Å². The van der Waals surface area contributed by atoms with Crippen molar-refractivity contribution < 1.29 is 4.39 Å². The van der Waals surface area contributed by atoms with Gasteiger partial charge in [-0.05, 0) is 30.2 Å². The molecule has 0 spiro atoms. The number of benzene rings is 1. The Balaban J connectivity index is 3.04. The first-order valence-electron chi connectivity index (χ1n) is 3.80. The van der Waals surface area contributed by atoms with Gasteiger partial charge in [0.15, 0.2) is 0 Å². The molecule has 1 radical (unpaired) electrons. The highest BCUT2D eigenvalue weighted by Crippen LogP contribution is 2.22. The van der Waals surface area contributed by atoms with Gasteiger partial charge < -0.3 is 0 Å². The summed E-state index contributed by atoms with van der Waals surface area (Å²) in [7, 11) is 0. The van der Waals surface area contributed by atoms with Gasteiger partial charge in [0.1, 0.15) is 0 Å². The SMILES string of the molecule is C[C](CF)c1cc(Br)ccc1C. The molecule has 0 atom stereocenters. The summed E-state index contributed by atoms with van der Waals surface area (Å²) >= 11 is 3.36. The van der Waals surface area contributed by atoms with Crippen LogP contribution in [0.5, 0.6) is 0 Å². The first kappa shape index (κ1) is 9.72. The molecule has 12 heavy (non-hydrogen) atoms. The summed E-state index contributed by atoms with van der Waals surface area (Å²) < 4.78 is 13.3. The van der Waals surface area contributed by atoms with Crippen LogP contribution in [-0.4, -0.2) is 6.67 Å². The van der Waals surface area contributed by atoms with Crippen LogP contribution in [-0.2, 0) is 0 Å². The third-order valence-corrected chi connectivity index (χ3v) is 2.35. The first-order chi connectivity index (χ1) is 5.65. The van der Waals surface area contributed by atoms with E-state index in [2.05, 4.69) is 15.9 Å². The van der Waals surface area contributed by atoms with E-state index in [0.29, 0.717) is 0 Å². The zero-order valence-corrected chi connectivity index (χ0v) is 8.78. The third-order valence-electron chi connectivity index (χ3n) is 1.86. The largest absolute Gasteiger partial charge is 0.250 e. The molecule has 0 aliphatic rings. The lowest BCUT2D eigenvalue weighted by Gasteiger charge is -2.10. The lowest BCUT2D eigenvalue weighted by Crippen LogP contribution is -1.99. The molecular weight excluding hydrogens is 219 g/mol. The van der Waals surface area contributed by atoms with Gasteiger partial charge in [-0.2, -0.15) is 0 Å². The Bertz CT molecular complexity index is 271. The van der Waals surface area contributed by atoms with Gasteiger partial charge in [-0.1, -0.05) is 28.9 Å². The van der Waals surface area contributed by atoms with E-state index in [-0.39, 0.29) is 6.67 Å². The Morgan fingerprint density at radius 2 is 2.17 bits per heavy atom. The van der Waals surface area contributed by atoms with Gasteiger partial charge in [0, 0.05) is 10.4 Å². The summed E-state index contributed by atoms with van der Waals surface area (Å²) in [6.45, 7) is 3.42. The maximum absolute atomic E-state index is 12.3. The molecule has 2 heteroatoms. The predicted octanol–water partition coefficient (Wildman–Crippen LogP) is 3.67. The van der Waals surface area contributed by atoms with Crippen molar-refractivity contribution in [1.29, 1.82) is 0 Å². The maximum atomic E-state index is 12.3. The highest BCUT2D eigenvalue weighted by molar-refractivity contribution is 9.10. The smallest absolute Gasteiger partial charge is 0.0997 e. The molecule has 0 aliphatic carbocycles. The van der Waals surface area contributed by atoms with Crippen LogP contribution < -0.4 is 0 Å². The first-order valence-corrected chi connectivity index (χ1v) is 4.59. The van der Waals surface area contributed by atoms with Crippen LogP contribution in [0.3, 0.4) is 0 Å². The highest BCUT2D eigenvalue weighted by Gasteiger charge is 2.08. The lowest BCUT2D eigenvalue weighted by molar-refractivity contribution is 0.515. The molecule has 0 aromatic heterocycles. The molecule has 0 heterocycles. The normalized spacial score (nSPS) is 10.8. The second-order valence-electron chi connectivity index (χ2n) is 2.87. The molecule has 0 bridgehead atoms. The Hall–Kier alpha value is -0.370. The van der Waals surface area contributed by atoms with E-state index < -0.39 is 0 Å². The molecule has 0 amide bonds. The highest BCUT2D eigenvalue weighted by atomic mass is 79.9. The topological polar surface area (TPSA) is 0 Å². The van der Waals surface area contributed by atoms with E-state index in [0.717, 1.165) is 21.5 Å². The summed E-state index contributed by atoms with van der Waals surface area (Å²) in [6, 6.07) is 5.90. The fraction of sp³-hybridized carbons (Fsp3) is 0.300. The molecule has 1 aromatic carbocycles. The molecule has 0 unspecified atom stereocenters. The molecule has 1 aromatic rings. The zero-order valence-electron chi connectivity index (χ0n) is 7.20. The van der Waals surface area contributed by atoms with Crippen molar-refractivity contribution >= 4 is 15.9 Å². The number of hydrogen-bond donors (Lipinski definition) is 0. The molecule has 0 nitrogen and oxygen atoms in total. The molecule has 0 saturated heterocycles. The van der Waals surface area contributed by atoms with E-state index in [1.54, 1.807) is 0 Å². The van der Waals surface area contributed by atoms with Gasteiger partial charge in [0.05, 0.1) is 6.67 Å². The van der Waals surface area contributed by atoms with E-state index in [1.807, 2.05) is 32.0 Å². The van der Waals surface area contributed by atoms with E-state index >= 15 is 0 Å². The fourth-order valence-corrected chi connectivity index (χ4v) is 1.49. The molecule has 1 rings (SSSR count). The Labute approximate surface area is 80.9 Å². The summed E-state index contributed by atoms with van der Waals surface area (Å²) in [5, 5.41) is 0. The number of aryl methyl sites for hydroxylation is 1. The van der Waals surface area contributed by atoms with E-state index in [4.69, 9.17) is 0 Å². The second kappa shape index (κ2) is 4.04. The minimum Gasteiger partial charge on any atom is -0.250 e. The van der Waals surface area contributed by atoms with E-state index in [1.165, 1.54) is 0 Å². The Morgan fingerprint density at radius 1 is 1.50 bits per heavy atom. The number of alkyl halides is 1. The van der Waals surface area contributed by atoms with Gasteiger partial charge in [-0.3, -0.25) is 4.39 Å². The summed E-state index contributed by atoms with van der Waals surface area (Å²) in [4.78, 5) is 0.